The highest BCUT2D eigenvalue weighted by Gasteiger charge is 2.26. The summed E-state index contributed by atoms with van der Waals surface area (Å²) < 4.78 is 10.4. The largest absolute Gasteiger partial charge is 0.361 e. The van der Waals surface area contributed by atoms with Crippen LogP contribution in [0.3, 0.4) is 0 Å². The topological polar surface area (TPSA) is 72.4 Å². The minimum absolute atomic E-state index is 0.141. The first kappa shape index (κ1) is 12.8. The number of hydrogen-bond donors (Lipinski definition) is 0. The quantitative estimate of drug-likeness (QED) is 0.726. The Morgan fingerprint density at radius 1 is 1.18 bits per heavy atom. The Labute approximate surface area is 126 Å². The van der Waals surface area contributed by atoms with Crippen LogP contribution in [0.5, 0.6) is 0 Å². The van der Waals surface area contributed by atoms with Crippen molar-refractivity contribution in [3.8, 4) is 11.3 Å². The molecule has 0 aliphatic carbocycles. The van der Waals surface area contributed by atoms with Gasteiger partial charge in [0.1, 0.15) is 5.76 Å². The molecule has 0 radical (unpaired) electrons. The summed E-state index contributed by atoms with van der Waals surface area (Å²) in [4.78, 5) is 14.3. The number of amides is 1. The molecule has 0 saturated heterocycles. The van der Waals surface area contributed by atoms with E-state index in [4.69, 9.17) is 9.05 Å². The van der Waals surface area contributed by atoms with E-state index in [1.807, 2.05) is 30.3 Å². The fourth-order valence-corrected chi connectivity index (χ4v) is 2.59. The van der Waals surface area contributed by atoms with Gasteiger partial charge in [0.2, 0.25) is 0 Å². The van der Waals surface area contributed by atoms with E-state index >= 15 is 0 Å². The van der Waals surface area contributed by atoms with Crippen LogP contribution in [-0.2, 0) is 13.0 Å². The van der Waals surface area contributed by atoms with E-state index in [-0.39, 0.29) is 5.91 Å². The molecule has 6 nitrogen and oxygen atoms in total. The molecule has 0 fully saturated rings. The van der Waals surface area contributed by atoms with E-state index in [0.29, 0.717) is 31.0 Å². The summed E-state index contributed by atoms with van der Waals surface area (Å²) in [5, 5.41) is 7.67. The molecule has 1 aliphatic rings. The number of carbonyl (C=O) groups excluding carboxylic acids is 1. The van der Waals surface area contributed by atoms with Crippen LogP contribution in [0.25, 0.3) is 11.3 Å². The summed E-state index contributed by atoms with van der Waals surface area (Å²) in [5.41, 5.74) is 2.17. The van der Waals surface area contributed by atoms with Crippen molar-refractivity contribution in [3.63, 3.8) is 0 Å². The Kier molecular flexibility index (Phi) is 3.00. The van der Waals surface area contributed by atoms with Crippen LogP contribution in [0.15, 0.2) is 51.6 Å². The SMILES string of the molecule is O=C(c1cc(-c2ccccc2)on1)N1CCc2oncc2C1. The van der Waals surface area contributed by atoms with Crippen molar-refractivity contribution in [2.45, 2.75) is 13.0 Å². The Morgan fingerprint density at radius 2 is 2.05 bits per heavy atom. The third-order valence-electron chi connectivity index (χ3n) is 3.77. The van der Waals surface area contributed by atoms with Gasteiger partial charge in [-0.15, -0.1) is 0 Å². The highest BCUT2D eigenvalue weighted by molar-refractivity contribution is 5.93. The summed E-state index contributed by atoms with van der Waals surface area (Å²) >= 11 is 0. The third-order valence-corrected chi connectivity index (χ3v) is 3.77. The van der Waals surface area contributed by atoms with E-state index in [1.165, 1.54) is 0 Å². The second-order valence-corrected chi connectivity index (χ2v) is 5.19. The van der Waals surface area contributed by atoms with E-state index in [2.05, 4.69) is 10.3 Å². The first-order valence-electron chi connectivity index (χ1n) is 7.05. The lowest BCUT2D eigenvalue weighted by Gasteiger charge is -2.24. The van der Waals surface area contributed by atoms with Gasteiger partial charge in [0, 0.05) is 30.2 Å². The van der Waals surface area contributed by atoms with Gasteiger partial charge >= 0.3 is 0 Å². The van der Waals surface area contributed by atoms with Crippen LogP contribution in [0, 0.1) is 0 Å². The second kappa shape index (κ2) is 5.14. The van der Waals surface area contributed by atoms with E-state index in [9.17, 15) is 4.79 Å². The summed E-state index contributed by atoms with van der Waals surface area (Å²) in [6.45, 7) is 1.08. The number of benzene rings is 1. The van der Waals surface area contributed by atoms with Crippen molar-refractivity contribution in [3.05, 3.63) is 59.6 Å². The third kappa shape index (κ3) is 2.18. The van der Waals surface area contributed by atoms with Gasteiger partial charge in [0.05, 0.1) is 12.7 Å². The van der Waals surface area contributed by atoms with Gasteiger partial charge in [-0.1, -0.05) is 40.6 Å². The van der Waals surface area contributed by atoms with Crippen molar-refractivity contribution >= 4 is 5.91 Å². The van der Waals surface area contributed by atoms with Crippen LogP contribution in [0.4, 0.5) is 0 Å². The van der Waals surface area contributed by atoms with E-state index in [1.54, 1.807) is 17.2 Å². The molecule has 0 spiro atoms. The zero-order chi connectivity index (χ0) is 14.9. The minimum atomic E-state index is -0.141. The molecule has 3 heterocycles. The monoisotopic (exact) mass is 295 g/mol. The highest BCUT2D eigenvalue weighted by atomic mass is 16.5. The average Bonchev–Trinajstić information content (AvgIpc) is 3.23. The maximum atomic E-state index is 12.5. The Balaban J connectivity index is 1.56. The molecule has 0 atom stereocenters. The molecular formula is C16H13N3O3. The fourth-order valence-electron chi connectivity index (χ4n) is 2.59. The van der Waals surface area contributed by atoms with Crippen LogP contribution in [0.2, 0.25) is 0 Å². The van der Waals surface area contributed by atoms with Gasteiger partial charge in [0.15, 0.2) is 11.5 Å². The molecule has 0 saturated carbocycles. The summed E-state index contributed by atoms with van der Waals surface area (Å²) in [7, 11) is 0. The minimum Gasteiger partial charge on any atom is -0.361 e. The molecular weight excluding hydrogens is 282 g/mol. The number of carbonyl (C=O) groups is 1. The molecule has 2 aromatic heterocycles. The molecule has 1 aliphatic heterocycles. The highest BCUT2D eigenvalue weighted by Crippen LogP contribution is 2.23. The average molecular weight is 295 g/mol. The van der Waals surface area contributed by atoms with Crippen molar-refractivity contribution in [2.24, 2.45) is 0 Å². The Hall–Kier alpha value is -2.89. The Morgan fingerprint density at radius 3 is 2.91 bits per heavy atom. The van der Waals surface area contributed by atoms with Crippen molar-refractivity contribution < 1.29 is 13.8 Å². The smallest absolute Gasteiger partial charge is 0.276 e. The van der Waals surface area contributed by atoms with Crippen molar-refractivity contribution in [1.29, 1.82) is 0 Å². The van der Waals surface area contributed by atoms with Gasteiger partial charge in [-0.2, -0.15) is 0 Å². The van der Waals surface area contributed by atoms with Gasteiger partial charge in [0.25, 0.3) is 5.91 Å². The number of fused-ring (bicyclic) bond motifs is 1. The summed E-state index contributed by atoms with van der Waals surface area (Å²) in [6.07, 6.45) is 2.33. The zero-order valence-electron chi connectivity index (χ0n) is 11.7. The van der Waals surface area contributed by atoms with Crippen molar-refractivity contribution in [1.82, 2.24) is 15.2 Å². The maximum Gasteiger partial charge on any atom is 0.276 e. The van der Waals surface area contributed by atoms with E-state index in [0.717, 1.165) is 16.9 Å². The van der Waals surface area contributed by atoms with Crippen LogP contribution < -0.4 is 0 Å². The van der Waals surface area contributed by atoms with Gasteiger partial charge in [-0.05, 0) is 0 Å². The number of rotatable bonds is 2. The summed E-state index contributed by atoms with van der Waals surface area (Å²) in [5.74, 6) is 1.30. The van der Waals surface area contributed by atoms with Gasteiger partial charge in [-0.25, -0.2) is 0 Å². The van der Waals surface area contributed by atoms with E-state index < -0.39 is 0 Å². The zero-order valence-corrected chi connectivity index (χ0v) is 11.7. The molecule has 22 heavy (non-hydrogen) atoms. The molecule has 1 amide bonds. The summed E-state index contributed by atoms with van der Waals surface area (Å²) in [6, 6.07) is 11.3. The molecule has 1 aromatic carbocycles. The number of hydrogen-bond acceptors (Lipinski definition) is 5. The number of nitrogens with zero attached hydrogens (tertiary/aromatic N) is 3. The fraction of sp³-hybridized carbons (Fsp3) is 0.188. The van der Waals surface area contributed by atoms with Gasteiger partial charge < -0.3 is 13.9 Å². The second-order valence-electron chi connectivity index (χ2n) is 5.19. The first-order valence-corrected chi connectivity index (χ1v) is 7.05. The normalized spacial score (nSPS) is 13.9. The number of aromatic nitrogens is 2. The lowest BCUT2D eigenvalue weighted by Crippen LogP contribution is -2.35. The van der Waals surface area contributed by atoms with Crippen LogP contribution in [0.1, 0.15) is 21.8 Å². The lowest BCUT2D eigenvalue weighted by atomic mass is 10.1. The van der Waals surface area contributed by atoms with Crippen LogP contribution in [-0.4, -0.2) is 27.7 Å². The van der Waals surface area contributed by atoms with Gasteiger partial charge in [-0.3, -0.25) is 4.79 Å². The molecule has 0 unspecified atom stereocenters. The lowest BCUT2D eigenvalue weighted by molar-refractivity contribution is 0.0718. The first-order chi connectivity index (χ1) is 10.8. The molecule has 110 valence electrons. The molecule has 3 aromatic rings. The van der Waals surface area contributed by atoms with Crippen LogP contribution >= 0.6 is 0 Å². The van der Waals surface area contributed by atoms with Crippen molar-refractivity contribution in [2.75, 3.05) is 6.54 Å². The Bertz CT molecular complexity index is 807. The standard InChI is InChI=1S/C16H13N3O3/c20-16(19-7-6-14-12(10-19)9-17-21-14)13-8-15(22-18-13)11-4-2-1-3-5-11/h1-5,8-9H,6-7,10H2. The predicted molar refractivity (Wildman–Crippen MR) is 76.9 cm³/mol. The predicted octanol–water partition coefficient (Wildman–Crippen LogP) is 2.53. The molecule has 0 N–H and O–H groups in total. The maximum absolute atomic E-state index is 12.5. The molecule has 4 rings (SSSR count). The molecule has 0 bridgehead atoms. The molecule has 6 heteroatoms.